The number of pyridine rings is 1. The number of fused-ring (bicyclic) bond motifs is 1. The van der Waals surface area contributed by atoms with Gasteiger partial charge >= 0.3 is 0 Å². The highest BCUT2D eigenvalue weighted by atomic mass is 32.2. The monoisotopic (exact) mass is 424 g/mol. The minimum absolute atomic E-state index is 0.209. The molecule has 30 heavy (non-hydrogen) atoms. The third-order valence-corrected chi connectivity index (χ3v) is 6.07. The second-order valence-corrected chi connectivity index (χ2v) is 8.04. The van der Waals surface area contributed by atoms with E-state index in [1.54, 1.807) is 6.07 Å². The van der Waals surface area contributed by atoms with Crippen molar-refractivity contribution in [3.63, 3.8) is 0 Å². The molecule has 0 unspecified atom stereocenters. The number of hydrogen-bond acceptors (Lipinski definition) is 5. The van der Waals surface area contributed by atoms with Gasteiger partial charge in [-0.25, -0.2) is 4.39 Å². The first kappa shape index (κ1) is 20.2. The lowest BCUT2D eigenvalue weighted by Gasteiger charge is -2.08. The summed E-state index contributed by atoms with van der Waals surface area (Å²) in [5.74, 6) is 1.46. The van der Waals surface area contributed by atoms with Gasteiger partial charge in [-0.1, -0.05) is 23.9 Å². The van der Waals surface area contributed by atoms with Crippen LogP contribution in [0.4, 0.5) is 4.39 Å². The Hall–Kier alpha value is -3.13. The van der Waals surface area contributed by atoms with Gasteiger partial charge in [0.2, 0.25) is 0 Å². The van der Waals surface area contributed by atoms with Crippen molar-refractivity contribution in [1.29, 1.82) is 0 Å². The van der Waals surface area contributed by atoms with Crippen molar-refractivity contribution >= 4 is 22.7 Å². The number of ether oxygens (including phenoxy) is 1. The van der Waals surface area contributed by atoms with Crippen LogP contribution in [0.5, 0.6) is 5.75 Å². The highest BCUT2D eigenvalue weighted by Gasteiger charge is 2.12. The fraction of sp³-hybridized carbons (Fsp3) is 0.227. The molecular weight excluding hydrogens is 403 g/mol. The number of para-hydroxylation sites is 1. The molecule has 0 radical (unpaired) electrons. The van der Waals surface area contributed by atoms with Gasteiger partial charge in [0.15, 0.2) is 16.4 Å². The first-order chi connectivity index (χ1) is 14.4. The molecule has 0 bridgehead atoms. The van der Waals surface area contributed by atoms with Crippen molar-refractivity contribution in [2.45, 2.75) is 31.4 Å². The predicted molar refractivity (Wildman–Crippen MR) is 115 cm³/mol. The summed E-state index contributed by atoms with van der Waals surface area (Å²) < 4.78 is 21.7. The second kappa shape index (κ2) is 8.31. The number of aryl methyl sites for hydroxylation is 2. The van der Waals surface area contributed by atoms with E-state index in [9.17, 15) is 9.18 Å². The Morgan fingerprint density at radius 3 is 2.77 bits per heavy atom. The van der Waals surface area contributed by atoms with Crippen molar-refractivity contribution < 1.29 is 9.13 Å². The van der Waals surface area contributed by atoms with Crippen LogP contribution in [0.15, 0.2) is 52.4 Å². The average molecular weight is 425 g/mol. The summed E-state index contributed by atoms with van der Waals surface area (Å²) in [7, 11) is 1.87. The standard InChI is InChI=1S/C22H21FN4O2S/c1-13-7-8-16(9-14(13)2)29-11-20-25-26-22(27(20)3)30-12-15-10-19(28)17-5-4-6-18(23)21(17)24-15/h4-10H,11-12H2,1-3H3,(H,24,28). The van der Waals surface area contributed by atoms with Crippen molar-refractivity contribution in [2.24, 2.45) is 7.05 Å². The zero-order valence-corrected chi connectivity index (χ0v) is 17.7. The number of thioether (sulfide) groups is 1. The number of aromatic nitrogens is 4. The summed E-state index contributed by atoms with van der Waals surface area (Å²) in [4.78, 5) is 15.3. The molecule has 0 atom stereocenters. The van der Waals surface area contributed by atoms with Crippen molar-refractivity contribution in [2.75, 3.05) is 0 Å². The van der Waals surface area contributed by atoms with Gasteiger partial charge in [-0.2, -0.15) is 0 Å². The topological polar surface area (TPSA) is 72.8 Å². The molecule has 0 amide bonds. The predicted octanol–water partition coefficient (Wildman–Crippen LogP) is 4.28. The molecule has 0 fully saturated rings. The minimum atomic E-state index is -0.444. The molecule has 0 aliphatic carbocycles. The van der Waals surface area contributed by atoms with Gasteiger partial charge in [-0.05, 0) is 49.2 Å². The molecular formula is C22H21FN4O2S. The summed E-state index contributed by atoms with van der Waals surface area (Å²) in [5.41, 5.74) is 3.02. The second-order valence-electron chi connectivity index (χ2n) is 7.10. The number of halogens is 1. The van der Waals surface area contributed by atoms with Crippen molar-refractivity contribution in [3.05, 3.63) is 81.2 Å². The van der Waals surface area contributed by atoms with Crippen molar-refractivity contribution in [3.8, 4) is 5.75 Å². The zero-order chi connectivity index (χ0) is 21.3. The number of aromatic amines is 1. The van der Waals surface area contributed by atoms with Crippen LogP contribution in [0.2, 0.25) is 0 Å². The molecule has 0 saturated heterocycles. The number of benzene rings is 2. The van der Waals surface area contributed by atoms with E-state index in [1.165, 1.54) is 41.1 Å². The van der Waals surface area contributed by atoms with Gasteiger partial charge in [-0.15, -0.1) is 10.2 Å². The van der Waals surface area contributed by atoms with E-state index in [1.807, 2.05) is 36.7 Å². The lowest BCUT2D eigenvalue weighted by Crippen LogP contribution is -2.06. The third kappa shape index (κ3) is 4.09. The maximum absolute atomic E-state index is 14.0. The van der Waals surface area contributed by atoms with Gasteiger partial charge in [0.25, 0.3) is 0 Å². The van der Waals surface area contributed by atoms with Crippen LogP contribution in [0.25, 0.3) is 10.9 Å². The molecule has 2 aromatic carbocycles. The van der Waals surface area contributed by atoms with Gasteiger partial charge in [0, 0.05) is 29.9 Å². The van der Waals surface area contributed by atoms with Crippen molar-refractivity contribution in [1.82, 2.24) is 19.7 Å². The molecule has 2 aromatic heterocycles. The van der Waals surface area contributed by atoms with E-state index in [0.717, 1.165) is 5.75 Å². The molecule has 2 heterocycles. The highest BCUT2D eigenvalue weighted by molar-refractivity contribution is 7.98. The first-order valence-electron chi connectivity index (χ1n) is 9.44. The third-order valence-electron chi connectivity index (χ3n) is 5.00. The lowest BCUT2D eigenvalue weighted by atomic mass is 10.1. The summed E-state index contributed by atoms with van der Waals surface area (Å²) in [6.45, 7) is 4.40. The molecule has 0 saturated carbocycles. The van der Waals surface area contributed by atoms with Crippen LogP contribution in [-0.2, 0) is 19.4 Å². The fourth-order valence-corrected chi connectivity index (χ4v) is 3.89. The SMILES string of the molecule is Cc1ccc(OCc2nnc(SCc3cc(=O)c4cccc(F)c4[nH]3)n2C)cc1C. The fourth-order valence-electron chi connectivity index (χ4n) is 3.06. The maximum atomic E-state index is 14.0. The van der Waals surface area contributed by atoms with E-state index in [0.29, 0.717) is 34.4 Å². The van der Waals surface area contributed by atoms with Crippen LogP contribution >= 0.6 is 11.8 Å². The zero-order valence-electron chi connectivity index (χ0n) is 16.9. The number of nitrogens with zero attached hydrogens (tertiary/aromatic N) is 3. The number of hydrogen-bond donors (Lipinski definition) is 1. The largest absolute Gasteiger partial charge is 0.486 e. The Morgan fingerprint density at radius 1 is 1.13 bits per heavy atom. The Bertz CT molecular complexity index is 1280. The van der Waals surface area contributed by atoms with Crippen LogP contribution < -0.4 is 10.2 Å². The van der Waals surface area contributed by atoms with Gasteiger partial charge < -0.3 is 14.3 Å². The molecule has 8 heteroatoms. The molecule has 154 valence electrons. The molecule has 6 nitrogen and oxygen atoms in total. The Balaban J connectivity index is 1.45. The van der Waals surface area contributed by atoms with Gasteiger partial charge in [0.1, 0.15) is 18.2 Å². The summed E-state index contributed by atoms with van der Waals surface area (Å²) >= 11 is 1.41. The Kier molecular flexibility index (Phi) is 5.59. The van der Waals surface area contributed by atoms with E-state index in [-0.39, 0.29) is 10.9 Å². The molecule has 0 aliphatic rings. The van der Waals surface area contributed by atoms with E-state index in [4.69, 9.17) is 4.74 Å². The molecule has 0 aliphatic heterocycles. The van der Waals surface area contributed by atoms with Gasteiger partial charge in [0.05, 0.1) is 5.52 Å². The normalized spacial score (nSPS) is 11.2. The average Bonchev–Trinajstić information content (AvgIpc) is 3.08. The number of H-pyrrole nitrogens is 1. The van der Waals surface area contributed by atoms with Crippen LogP contribution in [0, 0.1) is 19.7 Å². The molecule has 4 rings (SSSR count). The lowest BCUT2D eigenvalue weighted by molar-refractivity contribution is 0.290. The van der Waals surface area contributed by atoms with Crippen LogP contribution in [-0.4, -0.2) is 19.7 Å². The van der Waals surface area contributed by atoms with E-state index < -0.39 is 5.82 Å². The van der Waals surface area contributed by atoms with Gasteiger partial charge in [-0.3, -0.25) is 4.79 Å². The smallest absolute Gasteiger partial charge is 0.191 e. The first-order valence-corrected chi connectivity index (χ1v) is 10.4. The van der Waals surface area contributed by atoms with E-state index >= 15 is 0 Å². The summed E-state index contributed by atoms with van der Waals surface area (Å²) in [5, 5.41) is 9.43. The number of nitrogens with one attached hydrogen (secondary N) is 1. The van der Waals surface area contributed by atoms with E-state index in [2.05, 4.69) is 22.1 Å². The maximum Gasteiger partial charge on any atom is 0.191 e. The molecule has 1 N–H and O–H groups in total. The molecule has 4 aromatic rings. The minimum Gasteiger partial charge on any atom is -0.486 e. The Labute approximate surface area is 177 Å². The van der Waals surface area contributed by atoms with Crippen LogP contribution in [0.1, 0.15) is 22.6 Å². The molecule has 0 spiro atoms. The summed E-state index contributed by atoms with van der Waals surface area (Å²) in [6.07, 6.45) is 0. The highest BCUT2D eigenvalue weighted by Crippen LogP contribution is 2.22. The Morgan fingerprint density at radius 2 is 1.97 bits per heavy atom. The quantitative estimate of drug-likeness (QED) is 0.468. The summed E-state index contributed by atoms with van der Waals surface area (Å²) in [6, 6.07) is 11.9. The van der Waals surface area contributed by atoms with Crippen LogP contribution in [0.3, 0.4) is 0 Å². The number of rotatable bonds is 6.